The number of aromatic nitrogens is 1. The maximum Gasteiger partial charge on any atom is 0.301 e. The van der Waals surface area contributed by atoms with E-state index in [0.29, 0.717) is 26.8 Å². The van der Waals surface area contributed by atoms with Crippen molar-refractivity contribution in [3.8, 4) is 0 Å². The molecule has 0 bridgehead atoms. The third-order valence-corrected chi connectivity index (χ3v) is 6.99. The molecule has 1 atom stereocenters. The summed E-state index contributed by atoms with van der Waals surface area (Å²) < 4.78 is 1.76. The van der Waals surface area contributed by atoms with E-state index in [1.54, 1.807) is 48.5 Å². The molecular weight excluding hydrogens is 512 g/mol. The zero-order chi connectivity index (χ0) is 22.4. The molecule has 4 aromatic rings. The Morgan fingerprint density at radius 1 is 1.03 bits per heavy atom. The number of carbonyl (C=O) groups excluding carboxylic acids is 2. The summed E-state index contributed by atoms with van der Waals surface area (Å²) in [4.78, 5) is 32.3. The van der Waals surface area contributed by atoms with E-state index in [1.165, 1.54) is 16.2 Å². The molecule has 0 unspecified atom stereocenters. The Hall–Kier alpha value is -3.00. The molecule has 1 saturated heterocycles. The normalized spacial score (nSPS) is 17.9. The second-order valence-corrected chi connectivity index (χ2v) is 9.56. The van der Waals surface area contributed by atoms with Crippen molar-refractivity contribution in [3.63, 3.8) is 0 Å². The molecule has 1 amide bonds. The second-order valence-electron chi connectivity index (χ2n) is 7.20. The zero-order valence-electron chi connectivity index (χ0n) is 16.3. The van der Waals surface area contributed by atoms with Gasteiger partial charge in [0.15, 0.2) is 5.13 Å². The highest BCUT2D eigenvalue weighted by atomic mass is 79.9. The number of thiazole rings is 1. The van der Waals surface area contributed by atoms with E-state index >= 15 is 0 Å². The fourth-order valence-electron chi connectivity index (χ4n) is 3.73. The monoisotopic (exact) mass is 524 g/mol. The van der Waals surface area contributed by atoms with Crippen LogP contribution in [0.5, 0.6) is 0 Å². The highest BCUT2D eigenvalue weighted by Crippen LogP contribution is 2.44. The van der Waals surface area contributed by atoms with Crippen molar-refractivity contribution in [2.75, 3.05) is 4.90 Å². The lowest BCUT2D eigenvalue weighted by atomic mass is 9.95. The summed E-state index contributed by atoms with van der Waals surface area (Å²) >= 11 is 10.8. The fourth-order valence-corrected chi connectivity index (χ4v) is 5.40. The van der Waals surface area contributed by atoms with Crippen LogP contribution in [0.25, 0.3) is 16.0 Å². The van der Waals surface area contributed by atoms with Crippen LogP contribution in [0, 0.1) is 0 Å². The number of aliphatic hydroxyl groups excluding tert-OH is 1. The average Bonchev–Trinajstić information content (AvgIpc) is 3.32. The summed E-state index contributed by atoms with van der Waals surface area (Å²) in [6, 6.07) is 20.4. The molecule has 1 aliphatic heterocycles. The van der Waals surface area contributed by atoms with Crippen LogP contribution in [0.2, 0.25) is 5.02 Å². The zero-order valence-corrected chi connectivity index (χ0v) is 19.5. The van der Waals surface area contributed by atoms with Crippen molar-refractivity contribution in [3.05, 3.63) is 99.0 Å². The third-order valence-electron chi connectivity index (χ3n) is 5.22. The molecule has 5 rings (SSSR count). The number of hydrogen-bond acceptors (Lipinski definition) is 5. The maximum atomic E-state index is 13.2. The van der Waals surface area contributed by atoms with Gasteiger partial charge in [0.2, 0.25) is 0 Å². The number of Topliss-reactive ketones (excluding diaryl/α,β-unsaturated/α-hetero) is 1. The topological polar surface area (TPSA) is 70.5 Å². The van der Waals surface area contributed by atoms with Gasteiger partial charge in [0, 0.05) is 15.1 Å². The van der Waals surface area contributed by atoms with E-state index in [1.807, 2.05) is 24.3 Å². The molecule has 1 aromatic heterocycles. The highest BCUT2D eigenvalue weighted by molar-refractivity contribution is 9.10. The van der Waals surface area contributed by atoms with E-state index in [4.69, 9.17) is 11.6 Å². The number of fused-ring (bicyclic) bond motifs is 1. The fraction of sp³-hybridized carbons (Fsp3) is 0.0417. The van der Waals surface area contributed by atoms with Crippen LogP contribution in [0.4, 0.5) is 5.13 Å². The van der Waals surface area contributed by atoms with Gasteiger partial charge in [-0.3, -0.25) is 14.5 Å². The van der Waals surface area contributed by atoms with Gasteiger partial charge in [-0.25, -0.2) is 4.98 Å². The van der Waals surface area contributed by atoms with Crippen molar-refractivity contribution in [1.82, 2.24) is 4.98 Å². The van der Waals surface area contributed by atoms with Crippen LogP contribution in [-0.4, -0.2) is 21.8 Å². The van der Waals surface area contributed by atoms with E-state index < -0.39 is 17.7 Å². The molecular formula is C24H14BrClN2O3S. The molecule has 1 N–H and O–H groups in total. The summed E-state index contributed by atoms with van der Waals surface area (Å²) in [5.41, 5.74) is 1.83. The molecule has 32 heavy (non-hydrogen) atoms. The summed E-state index contributed by atoms with van der Waals surface area (Å²) in [6.07, 6.45) is 0. The number of ketones is 1. The number of amides is 1. The van der Waals surface area contributed by atoms with Crippen LogP contribution in [0.1, 0.15) is 17.2 Å². The van der Waals surface area contributed by atoms with Gasteiger partial charge in [-0.2, -0.15) is 0 Å². The Morgan fingerprint density at radius 2 is 1.75 bits per heavy atom. The van der Waals surface area contributed by atoms with Gasteiger partial charge in [-0.1, -0.05) is 81.3 Å². The smallest absolute Gasteiger partial charge is 0.301 e. The van der Waals surface area contributed by atoms with E-state index in [0.717, 1.165) is 9.17 Å². The van der Waals surface area contributed by atoms with Crippen LogP contribution in [0.15, 0.2) is 82.8 Å². The molecule has 0 aliphatic carbocycles. The van der Waals surface area contributed by atoms with Gasteiger partial charge in [-0.15, -0.1) is 0 Å². The molecule has 158 valence electrons. The lowest BCUT2D eigenvalue weighted by Crippen LogP contribution is -2.29. The first-order chi connectivity index (χ1) is 15.4. The number of benzene rings is 3. The van der Waals surface area contributed by atoms with Gasteiger partial charge in [0.25, 0.3) is 5.78 Å². The Labute approximate surface area is 200 Å². The predicted molar refractivity (Wildman–Crippen MR) is 130 cm³/mol. The largest absolute Gasteiger partial charge is 0.507 e. The third kappa shape index (κ3) is 3.52. The molecule has 2 heterocycles. The number of carbonyl (C=O) groups is 2. The van der Waals surface area contributed by atoms with Crippen LogP contribution in [0.3, 0.4) is 0 Å². The quantitative estimate of drug-likeness (QED) is 0.192. The number of halogens is 2. The lowest BCUT2D eigenvalue weighted by Gasteiger charge is -2.23. The highest BCUT2D eigenvalue weighted by Gasteiger charge is 2.48. The SMILES string of the molecule is O=C1C(=O)N(c2nc3ccc(Br)cc3s2)[C@@H](c2ccc(Cl)cc2)/C1=C(\O)c1ccccc1. The number of nitrogens with zero attached hydrogens (tertiary/aromatic N) is 2. The van der Waals surface area contributed by atoms with Crippen molar-refractivity contribution in [2.45, 2.75) is 6.04 Å². The van der Waals surface area contributed by atoms with Crippen LogP contribution >= 0.6 is 38.9 Å². The lowest BCUT2D eigenvalue weighted by molar-refractivity contribution is -0.132. The van der Waals surface area contributed by atoms with Crippen LogP contribution < -0.4 is 4.90 Å². The summed E-state index contributed by atoms with van der Waals surface area (Å²) in [5, 5.41) is 12.0. The molecule has 3 aromatic carbocycles. The van der Waals surface area contributed by atoms with Gasteiger partial charge in [0.1, 0.15) is 5.76 Å². The first kappa shape index (κ1) is 20.9. The molecule has 0 radical (unpaired) electrons. The summed E-state index contributed by atoms with van der Waals surface area (Å²) in [5.74, 6) is -1.72. The Kier molecular flexibility index (Phi) is 5.33. The second kappa shape index (κ2) is 8.16. The molecule has 0 spiro atoms. The van der Waals surface area contributed by atoms with Gasteiger partial charge in [-0.05, 0) is 35.9 Å². The van der Waals surface area contributed by atoms with Gasteiger partial charge in [0.05, 0.1) is 21.8 Å². The summed E-state index contributed by atoms with van der Waals surface area (Å²) in [6.45, 7) is 0. The number of anilines is 1. The van der Waals surface area contributed by atoms with Crippen molar-refractivity contribution in [1.29, 1.82) is 0 Å². The molecule has 8 heteroatoms. The Morgan fingerprint density at radius 3 is 2.47 bits per heavy atom. The number of hydrogen-bond donors (Lipinski definition) is 1. The van der Waals surface area contributed by atoms with Gasteiger partial charge < -0.3 is 5.11 Å². The minimum absolute atomic E-state index is 0.0176. The predicted octanol–water partition coefficient (Wildman–Crippen LogP) is 6.34. The van der Waals surface area contributed by atoms with E-state index in [2.05, 4.69) is 20.9 Å². The van der Waals surface area contributed by atoms with Gasteiger partial charge >= 0.3 is 5.91 Å². The molecule has 5 nitrogen and oxygen atoms in total. The van der Waals surface area contributed by atoms with E-state index in [9.17, 15) is 14.7 Å². The maximum absolute atomic E-state index is 13.2. The Balaban J connectivity index is 1.73. The standard InChI is InChI=1S/C24H14BrClN2O3S/c25-15-8-11-17-18(12-15)32-24(27-17)28-20(13-6-9-16(26)10-7-13)19(22(30)23(28)31)21(29)14-4-2-1-3-5-14/h1-12,20,29H/b21-19+/t20-/m0/s1. The average molecular weight is 526 g/mol. The first-order valence-corrected chi connectivity index (χ1v) is 11.6. The summed E-state index contributed by atoms with van der Waals surface area (Å²) in [7, 11) is 0. The van der Waals surface area contributed by atoms with Crippen molar-refractivity contribution in [2.24, 2.45) is 0 Å². The molecule has 1 aliphatic rings. The Bertz CT molecular complexity index is 1400. The first-order valence-electron chi connectivity index (χ1n) is 9.62. The van der Waals surface area contributed by atoms with E-state index in [-0.39, 0.29) is 11.3 Å². The molecule has 1 fully saturated rings. The van der Waals surface area contributed by atoms with Crippen molar-refractivity contribution >= 4 is 71.7 Å². The van der Waals surface area contributed by atoms with Crippen LogP contribution in [-0.2, 0) is 9.59 Å². The minimum atomic E-state index is -0.837. The number of rotatable bonds is 3. The molecule has 0 saturated carbocycles. The minimum Gasteiger partial charge on any atom is -0.507 e. The number of aliphatic hydroxyl groups is 1. The van der Waals surface area contributed by atoms with Crippen molar-refractivity contribution < 1.29 is 14.7 Å².